The second-order valence-electron chi connectivity index (χ2n) is 0.339. The molecule has 0 unspecified atom stereocenters. The summed E-state index contributed by atoms with van der Waals surface area (Å²) in [6, 6.07) is 0. The van der Waals surface area contributed by atoms with E-state index in [1.807, 2.05) is 0 Å². The van der Waals surface area contributed by atoms with E-state index in [-0.39, 0.29) is 9.97 Å². The Morgan fingerprint density at radius 3 is 1.40 bits per heavy atom. The highest BCUT2D eigenvalue weighted by atomic mass is 35.5. The molecule has 0 aromatic carbocycles. The summed E-state index contributed by atoms with van der Waals surface area (Å²) in [5.41, 5.74) is 0. The fraction of sp³-hybridized carbons (Fsp3) is 0. The van der Waals surface area contributed by atoms with E-state index in [0.29, 0.717) is 0 Å². The maximum absolute atomic E-state index is 4.85. The molecule has 0 amide bonds. The van der Waals surface area contributed by atoms with Crippen molar-refractivity contribution in [1.29, 1.82) is 0 Å². The van der Waals surface area contributed by atoms with Crippen molar-refractivity contribution in [2.75, 3.05) is 0 Å². The average molecular weight is 113 g/mol. The minimum atomic E-state index is 0. The van der Waals surface area contributed by atoms with Crippen LogP contribution in [0.3, 0.4) is 0 Å². The van der Waals surface area contributed by atoms with Gasteiger partial charge in [0.1, 0.15) is 0 Å². The quantitative estimate of drug-likeness (QED) is 0.458. The van der Waals surface area contributed by atoms with Crippen LogP contribution in [0.2, 0.25) is 0 Å². The highest BCUT2D eigenvalue weighted by Crippen LogP contribution is 1.98. The first-order chi connectivity index (χ1) is 1.73. The number of hydrogen-bond donors (Lipinski definition) is 0. The average Bonchev–Trinajstić information content (AvgIpc) is 0.811. The summed E-state index contributed by atoms with van der Waals surface area (Å²) in [6.45, 7) is 3.09. The zero-order chi connectivity index (χ0) is 3.58. The van der Waals surface area contributed by atoms with Crippen LogP contribution in [0.15, 0.2) is 11.1 Å². The summed E-state index contributed by atoms with van der Waals surface area (Å²) < 4.78 is 0.111. The first kappa shape index (κ1) is 8.99. The van der Waals surface area contributed by atoms with Crippen molar-refractivity contribution in [3.05, 3.63) is 11.1 Å². The molecule has 0 rings (SSSR count). The lowest BCUT2D eigenvalue weighted by atomic mass is 11.3. The topological polar surface area (TPSA) is 28.5 Å². The summed E-state index contributed by atoms with van der Waals surface area (Å²) in [5, 5.41) is 0. The van der Waals surface area contributed by atoms with Crippen molar-refractivity contribution >= 4 is 23.2 Å². The number of halogens is 2. The van der Waals surface area contributed by atoms with Crippen LogP contribution in [-0.4, -0.2) is 0 Å². The minimum absolute atomic E-state index is 0. The first-order valence-corrected chi connectivity index (χ1v) is 1.49. The molecule has 0 aliphatic rings. The standard InChI is InChI=1S/C2H2Cl2.O/c1-2(3)4;/h1H2;. The van der Waals surface area contributed by atoms with Gasteiger partial charge in [-0.25, -0.2) is 0 Å². The zero-order valence-electron chi connectivity index (χ0n) is 2.37. The van der Waals surface area contributed by atoms with Crippen LogP contribution >= 0.6 is 23.2 Å². The predicted molar refractivity (Wildman–Crippen MR) is 21.5 cm³/mol. The van der Waals surface area contributed by atoms with Crippen LogP contribution in [0.5, 0.6) is 0 Å². The molecule has 0 aromatic heterocycles. The van der Waals surface area contributed by atoms with Crippen LogP contribution in [0.1, 0.15) is 0 Å². The fourth-order valence-electron chi connectivity index (χ4n) is 0. The molecule has 0 atom stereocenters. The fourth-order valence-corrected chi connectivity index (χ4v) is 0. The Labute approximate surface area is 40.5 Å². The third-order valence-electron chi connectivity index (χ3n) is 0. The number of rotatable bonds is 0. The Morgan fingerprint density at radius 2 is 1.40 bits per heavy atom. The SMILES string of the molecule is C=C(Cl)Cl.[O]. The molecule has 0 aromatic rings. The van der Waals surface area contributed by atoms with E-state index in [4.69, 9.17) is 23.2 Å². The molecule has 0 heterocycles. The smallest absolute Gasteiger partial charge is 0.0716 e. The Morgan fingerprint density at radius 1 is 1.40 bits per heavy atom. The van der Waals surface area contributed by atoms with E-state index in [0.717, 1.165) is 0 Å². The van der Waals surface area contributed by atoms with E-state index in [2.05, 4.69) is 6.58 Å². The maximum atomic E-state index is 4.85. The van der Waals surface area contributed by atoms with E-state index < -0.39 is 0 Å². The van der Waals surface area contributed by atoms with Gasteiger partial charge < -0.3 is 0 Å². The van der Waals surface area contributed by atoms with Crippen LogP contribution in [-0.2, 0) is 5.48 Å². The highest BCUT2D eigenvalue weighted by Gasteiger charge is 1.60. The van der Waals surface area contributed by atoms with Gasteiger partial charge in [0.05, 0.1) is 4.49 Å². The molecule has 1 nitrogen and oxygen atoms in total. The van der Waals surface area contributed by atoms with Crippen molar-refractivity contribution in [2.45, 2.75) is 0 Å². The van der Waals surface area contributed by atoms with Crippen molar-refractivity contribution in [2.24, 2.45) is 0 Å². The van der Waals surface area contributed by atoms with Gasteiger partial charge in [-0.15, -0.1) is 0 Å². The summed E-state index contributed by atoms with van der Waals surface area (Å²) in [5.74, 6) is 0. The van der Waals surface area contributed by atoms with Gasteiger partial charge in [-0.2, -0.15) is 0 Å². The second kappa shape index (κ2) is 4.28. The van der Waals surface area contributed by atoms with Crippen LogP contribution in [0.4, 0.5) is 0 Å². The van der Waals surface area contributed by atoms with Gasteiger partial charge in [0.2, 0.25) is 0 Å². The van der Waals surface area contributed by atoms with Crippen molar-refractivity contribution in [1.82, 2.24) is 0 Å². The zero-order valence-corrected chi connectivity index (χ0v) is 3.88. The summed E-state index contributed by atoms with van der Waals surface area (Å²) in [4.78, 5) is 0. The van der Waals surface area contributed by atoms with E-state index in [1.165, 1.54) is 0 Å². The Hall–Kier alpha value is 0.280. The maximum Gasteiger partial charge on any atom is 0.0992 e. The lowest BCUT2D eigenvalue weighted by Crippen LogP contribution is -1.24. The third-order valence-corrected chi connectivity index (χ3v) is 0. The predicted octanol–water partition coefficient (Wildman–Crippen LogP) is 1.82. The van der Waals surface area contributed by atoms with Gasteiger partial charge >= 0.3 is 0 Å². The highest BCUT2D eigenvalue weighted by molar-refractivity contribution is 6.55. The molecular formula is C2H2Cl2O. The third kappa shape index (κ3) is 284. The molecule has 0 fully saturated rings. The summed E-state index contributed by atoms with van der Waals surface area (Å²) in [7, 11) is 0. The van der Waals surface area contributed by atoms with Gasteiger partial charge in [0.25, 0.3) is 0 Å². The Balaban J connectivity index is 0. The summed E-state index contributed by atoms with van der Waals surface area (Å²) >= 11 is 9.69. The molecule has 0 aliphatic carbocycles. The van der Waals surface area contributed by atoms with Gasteiger partial charge in [-0.05, 0) is 0 Å². The molecular weight excluding hydrogens is 111 g/mol. The molecule has 3 heteroatoms. The lowest BCUT2D eigenvalue weighted by molar-refractivity contribution is 0.686. The van der Waals surface area contributed by atoms with Gasteiger partial charge in [0.15, 0.2) is 0 Å². The first-order valence-electron chi connectivity index (χ1n) is 0.732. The second-order valence-corrected chi connectivity index (χ2v) is 1.44. The molecule has 0 spiro atoms. The minimum Gasteiger partial charge on any atom is -0.0716 e. The van der Waals surface area contributed by atoms with Gasteiger partial charge in [0, 0.05) is 5.48 Å². The van der Waals surface area contributed by atoms with Gasteiger partial charge in [-0.3, -0.25) is 0 Å². The molecule has 0 aliphatic heterocycles. The van der Waals surface area contributed by atoms with Crippen molar-refractivity contribution < 1.29 is 5.48 Å². The normalized spacial score (nSPS) is 5.20. The molecule has 0 N–H and O–H groups in total. The summed E-state index contributed by atoms with van der Waals surface area (Å²) in [6.07, 6.45) is 0. The van der Waals surface area contributed by atoms with E-state index in [1.54, 1.807) is 0 Å². The lowest BCUT2D eigenvalue weighted by Gasteiger charge is -1.57. The van der Waals surface area contributed by atoms with Crippen LogP contribution in [0, 0.1) is 0 Å². The molecule has 0 saturated heterocycles. The van der Waals surface area contributed by atoms with Crippen LogP contribution in [0.25, 0.3) is 0 Å². The Bertz CT molecular complexity index is 30.6. The van der Waals surface area contributed by atoms with Crippen molar-refractivity contribution in [3.63, 3.8) is 0 Å². The van der Waals surface area contributed by atoms with E-state index >= 15 is 0 Å². The van der Waals surface area contributed by atoms with Crippen molar-refractivity contribution in [3.8, 4) is 0 Å². The monoisotopic (exact) mass is 112 g/mol. The van der Waals surface area contributed by atoms with Crippen LogP contribution < -0.4 is 0 Å². The molecule has 0 saturated carbocycles. The largest absolute Gasteiger partial charge is 0.0992 e. The van der Waals surface area contributed by atoms with Gasteiger partial charge in [-0.1, -0.05) is 29.8 Å². The Kier molecular flexibility index (Phi) is 7.70. The molecule has 30 valence electrons. The molecule has 5 heavy (non-hydrogen) atoms. The number of hydrogen-bond acceptors (Lipinski definition) is 0. The molecule has 2 radical (unpaired) electrons. The molecule has 0 bridgehead atoms. The van der Waals surface area contributed by atoms with E-state index in [9.17, 15) is 0 Å².